The lowest BCUT2D eigenvalue weighted by atomic mass is 10.1. The summed E-state index contributed by atoms with van der Waals surface area (Å²) >= 11 is 0. The summed E-state index contributed by atoms with van der Waals surface area (Å²) in [5, 5.41) is 4.53. The molecular weight excluding hydrogens is 265 g/mol. The molecule has 1 N–H and O–H groups in total. The van der Waals surface area contributed by atoms with Crippen LogP contribution in [0.25, 0.3) is 10.9 Å². The standard InChI is InChI=1S/C17H16FN3/c1-2-15(17-7-5-13(18)11-20-17)21-14-6-8-16-12(10-14)4-3-9-19-16/h3-11,15,21H,2H2,1H3. The first-order valence-electron chi connectivity index (χ1n) is 6.99. The fraction of sp³-hybridized carbons (Fsp3) is 0.176. The van der Waals surface area contributed by atoms with Crippen molar-refractivity contribution in [2.24, 2.45) is 0 Å². The van der Waals surface area contributed by atoms with Gasteiger partial charge in [-0.1, -0.05) is 13.0 Å². The van der Waals surface area contributed by atoms with Gasteiger partial charge in [-0.15, -0.1) is 0 Å². The number of nitrogens with one attached hydrogen (secondary N) is 1. The van der Waals surface area contributed by atoms with Crippen LogP contribution in [0.1, 0.15) is 25.1 Å². The molecule has 21 heavy (non-hydrogen) atoms. The number of benzene rings is 1. The van der Waals surface area contributed by atoms with Gasteiger partial charge in [0, 0.05) is 17.3 Å². The predicted molar refractivity (Wildman–Crippen MR) is 82.6 cm³/mol. The number of halogens is 1. The van der Waals surface area contributed by atoms with Crippen molar-refractivity contribution < 1.29 is 4.39 Å². The van der Waals surface area contributed by atoms with Gasteiger partial charge in [0.2, 0.25) is 0 Å². The Morgan fingerprint density at radius 3 is 2.81 bits per heavy atom. The second-order valence-corrected chi connectivity index (χ2v) is 4.92. The summed E-state index contributed by atoms with van der Waals surface area (Å²) in [6.45, 7) is 2.07. The van der Waals surface area contributed by atoms with E-state index in [0.29, 0.717) is 0 Å². The highest BCUT2D eigenvalue weighted by molar-refractivity contribution is 5.82. The topological polar surface area (TPSA) is 37.8 Å². The van der Waals surface area contributed by atoms with Crippen LogP contribution in [0.15, 0.2) is 54.9 Å². The maximum absolute atomic E-state index is 13.0. The van der Waals surface area contributed by atoms with E-state index in [1.54, 1.807) is 12.3 Å². The molecule has 1 atom stereocenters. The highest BCUT2D eigenvalue weighted by atomic mass is 19.1. The number of anilines is 1. The lowest BCUT2D eigenvalue weighted by Gasteiger charge is -2.18. The molecule has 0 fully saturated rings. The average molecular weight is 281 g/mol. The number of aromatic nitrogens is 2. The van der Waals surface area contributed by atoms with E-state index in [9.17, 15) is 4.39 Å². The Morgan fingerprint density at radius 2 is 2.05 bits per heavy atom. The normalized spacial score (nSPS) is 12.3. The number of hydrogen-bond acceptors (Lipinski definition) is 3. The molecule has 3 rings (SSSR count). The first-order chi connectivity index (χ1) is 10.3. The monoisotopic (exact) mass is 281 g/mol. The summed E-state index contributed by atoms with van der Waals surface area (Å²) in [6, 6.07) is 13.2. The van der Waals surface area contributed by atoms with Crippen LogP contribution in [-0.4, -0.2) is 9.97 Å². The van der Waals surface area contributed by atoms with E-state index in [2.05, 4.69) is 28.3 Å². The molecule has 0 saturated carbocycles. The minimum atomic E-state index is -0.314. The molecule has 3 nitrogen and oxygen atoms in total. The molecule has 0 saturated heterocycles. The van der Waals surface area contributed by atoms with E-state index in [0.717, 1.165) is 28.7 Å². The van der Waals surface area contributed by atoms with Crippen molar-refractivity contribution in [1.29, 1.82) is 0 Å². The zero-order valence-electron chi connectivity index (χ0n) is 11.8. The molecule has 2 heterocycles. The Kier molecular flexibility index (Phi) is 3.77. The van der Waals surface area contributed by atoms with E-state index in [1.807, 2.05) is 24.3 Å². The predicted octanol–water partition coefficient (Wildman–Crippen LogP) is 4.33. The maximum atomic E-state index is 13.0. The summed E-state index contributed by atoms with van der Waals surface area (Å²) in [5.74, 6) is -0.314. The van der Waals surface area contributed by atoms with Crippen molar-refractivity contribution >= 4 is 16.6 Å². The minimum absolute atomic E-state index is 0.0553. The first kappa shape index (κ1) is 13.5. The summed E-state index contributed by atoms with van der Waals surface area (Å²) < 4.78 is 13.0. The van der Waals surface area contributed by atoms with Gasteiger partial charge in [-0.05, 0) is 42.8 Å². The van der Waals surface area contributed by atoms with Crippen LogP contribution in [-0.2, 0) is 0 Å². The molecule has 0 aliphatic rings. The first-order valence-corrected chi connectivity index (χ1v) is 6.99. The lowest BCUT2D eigenvalue weighted by Crippen LogP contribution is -2.11. The van der Waals surface area contributed by atoms with Gasteiger partial charge in [0.1, 0.15) is 5.82 Å². The molecule has 4 heteroatoms. The molecule has 1 aromatic carbocycles. The van der Waals surface area contributed by atoms with Crippen molar-refractivity contribution in [3.63, 3.8) is 0 Å². The van der Waals surface area contributed by atoms with Gasteiger partial charge in [-0.3, -0.25) is 9.97 Å². The Hall–Kier alpha value is -2.49. The van der Waals surface area contributed by atoms with Crippen LogP contribution in [0.4, 0.5) is 10.1 Å². The summed E-state index contributed by atoms with van der Waals surface area (Å²) in [4.78, 5) is 8.47. The maximum Gasteiger partial charge on any atom is 0.141 e. The Balaban J connectivity index is 1.86. The van der Waals surface area contributed by atoms with Gasteiger partial charge < -0.3 is 5.32 Å². The van der Waals surface area contributed by atoms with Gasteiger partial charge in [-0.25, -0.2) is 4.39 Å². The van der Waals surface area contributed by atoms with Gasteiger partial charge in [0.05, 0.1) is 23.4 Å². The van der Waals surface area contributed by atoms with Crippen LogP contribution in [0, 0.1) is 5.82 Å². The highest BCUT2D eigenvalue weighted by Gasteiger charge is 2.11. The molecule has 0 radical (unpaired) electrons. The zero-order valence-corrected chi connectivity index (χ0v) is 11.8. The SMILES string of the molecule is CCC(Nc1ccc2ncccc2c1)c1ccc(F)cn1. The Bertz CT molecular complexity index is 740. The molecular formula is C17H16FN3. The molecule has 0 aliphatic carbocycles. The van der Waals surface area contributed by atoms with Crippen molar-refractivity contribution in [3.05, 3.63) is 66.4 Å². The minimum Gasteiger partial charge on any atom is -0.377 e. The van der Waals surface area contributed by atoms with Crippen LogP contribution >= 0.6 is 0 Å². The molecule has 0 bridgehead atoms. The van der Waals surface area contributed by atoms with Gasteiger partial charge >= 0.3 is 0 Å². The molecule has 1 unspecified atom stereocenters. The molecule has 2 aromatic heterocycles. The molecule has 3 aromatic rings. The van der Waals surface area contributed by atoms with Crippen LogP contribution in [0.3, 0.4) is 0 Å². The zero-order chi connectivity index (χ0) is 14.7. The quantitative estimate of drug-likeness (QED) is 0.773. The molecule has 0 aliphatic heterocycles. The van der Waals surface area contributed by atoms with Gasteiger partial charge in [0.25, 0.3) is 0 Å². The fourth-order valence-corrected chi connectivity index (χ4v) is 2.35. The van der Waals surface area contributed by atoms with E-state index < -0.39 is 0 Å². The largest absolute Gasteiger partial charge is 0.377 e. The Morgan fingerprint density at radius 1 is 1.14 bits per heavy atom. The summed E-state index contributed by atoms with van der Waals surface area (Å²) in [6.07, 6.45) is 3.90. The highest BCUT2D eigenvalue weighted by Crippen LogP contribution is 2.23. The van der Waals surface area contributed by atoms with E-state index in [1.165, 1.54) is 12.3 Å². The van der Waals surface area contributed by atoms with Crippen molar-refractivity contribution in [2.75, 3.05) is 5.32 Å². The fourth-order valence-electron chi connectivity index (χ4n) is 2.35. The summed E-state index contributed by atoms with van der Waals surface area (Å²) in [5.41, 5.74) is 2.81. The van der Waals surface area contributed by atoms with Crippen LogP contribution in [0.5, 0.6) is 0 Å². The molecule has 0 spiro atoms. The van der Waals surface area contributed by atoms with Crippen molar-refractivity contribution in [1.82, 2.24) is 9.97 Å². The second kappa shape index (κ2) is 5.87. The molecule has 0 amide bonds. The van der Waals surface area contributed by atoms with Crippen molar-refractivity contribution in [3.8, 4) is 0 Å². The number of hydrogen-bond donors (Lipinski definition) is 1. The van der Waals surface area contributed by atoms with Crippen LogP contribution < -0.4 is 5.32 Å². The summed E-state index contributed by atoms with van der Waals surface area (Å²) in [7, 11) is 0. The second-order valence-electron chi connectivity index (χ2n) is 4.92. The molecule has 106 valence electrons. The van der Waals surface area contributed by atoms with Crippen LogP contribution in [0.2, 0.25) is 0 Å². The smallest absolute Gasteiger partial charge is 0.141 e. The number of nitrogens with zero attached hydrogens (tertiary/aromatic N) is 2. The number of pyridine rings is 2. The lowest BCUT2D eigenvalue weighted by molar-refractivity contribution is 0.614. The Labute approximate surface area is 122 Å². The van der Waals surface area contributed by atoms with Crippen molar-refractivity contribution in [2.45, 2.75) is 19.4 Å². The van der Waals surface area contributed by atoms with Gasteiger partial charge in [-0.2, -0.15) is 0 Å². The third-order valence-corrected chi connectivity index (χ3v) is 3.46. The third-order valence-electron chi connectivity index (χ3n) is 3.46. The number of fused-ring (bicyclic) bond motifs is 1. The number of rotatable bonds is 4. The average Bonchev–Trinajstić information content (AvgIpc) is 2.53. The van der Waals surface area contributed by atoms with Gasteiger partial charge in [0.15, 0.2) is 0 Å². The van der Waals surface area contributed by atoms with E-state index in [4.69, 9.17) is 0 Å². The van der Waals surface area contributed by atoms with E-state index >= 15 is 0 Å². The van der Waals surface area contributed by atoms with E-state index in [-0.39, 0.29) is 11.9 Å². The third kappa shape index (κ3) is 2.99.